The lowest BCUT2D eigenvalue weighted by molar-refractivity contribution is 0.600. The van der Waals surface area contributed by atoms with Crippen molar-refractivity contribution in [1.82, 2.24) is 19.7 Å². The Morgan fingerprint density at radius 3 is 2.47 bits per heavy atom. The zero-order valence-corrected chi connectivity index (χ0v) is 20.2. The first-order valence-corrected chi connectivity index (χ1v) is 12.9. The number of hydrogen-bond donors (Lipinski definition) is 1. The average molecular weight is 474 g/mol. The molecule has 5 rings (SSSR count). The summed E-state index contributed by atoms with van der Waals surface area (Å²) in [6, 6.07) is 15.8. The molecule has 34 heavy (non-hydrogen) atoms. The third-order valence-electron chi connectivity index (χ3n) is 6.51. The van der Waals surface area contributed by atoms with Gasteiger partial charge in [-0.2, -0.15) is 5.10 Å². The number of aryl methyl sites for hydroxylation is 2. The Labute approximate surface area is 200 Å². The van der Waals surface area contributed by atoms with E-state index < -0.39 is 10.0 Å². The van der Waals surface area contributed by atoms with Crippen LogP contribution >= 0.6 is 0 Å². The number of sulfonamides is 1. The first-order valence-electron chi connectivity index (χ1n) is 11.4. The van der Waals surface area contributed by atoms with Crippen LogP contribution in [0.1, 0.15) is 54.4 Å². The molecule has 0 saturated carbocycles. The Morgan fingerprint density at radius 1 is 1.00 bits per heavy atom. The Morgan fingerprint density at radius 2 is 1.76 bits per heavy atom. The van der Waals surface area contributed by atoms with Gasteiger partial charge >= 0.3 is 0 Å². The third-order valence-corrected chi connectivity index (χ3v) is 7.84. The summed E-state index contributed by atoms with van der Waals surface area (Å²) in [5.74, 6) is 0.681. The second-order valence-electron chi connectivity index (χ2n) is 8.97. The van der Waals surface area contributed by atoms with E-state index in [0.717, 1.165) is 24.1 Å². The molecular formula is C26H27N5O2S. The topological polar surface area (TPSA) is 89.8 Å². The van der Waals surface area contributed by atoms with Crippen LogP contribution in [-0.2, 0) is 23.5 Å². The third kappa shape index (κ3) is 4.09. The van der Waals surface area contributed by atoms with Gasteiger partial charge in [-0.15, -0.1) is 0 Å². The summed E-state index contributed by atoms with van der Waals surface area (Å²) in [6.45, 7) is 4.40. The van der Waals surface area contributed by atoms with Gasteiger partial charge in [0, 0.05) is 37.1 Å². The normalized spacial score (nSPS) is 15.5. The van der Waals surface area contributed by atoms with Crippen LogP contribution in [-0.4, -0.2) is 28.2 Å². The van der Waals surface area contributed by atoms with E-state index in [1.165, 1.54) is 34.6 Å². The summed E-state index contributed by atoms with van der Waals surface area (Å²) in [5, 5.41) is 4.39. The molecule has 0 amide bonds. The van der Waals surface area contributed by atoms with E-state index in [0.29, 0.717) is 5.92 Å². The summed E-state index contributed by atoms with van der Waals surface area (Å²) in [6.07, 6.45) is 6.58. The lowest BCUT2D eigenvalue weighted by Gasteiger charge is -2.20. The quantitative estimate of drug-likeness (QED) is 0.431. The van der Waals surface area contributed by atoms with Crippen LogP contribution in [0, 0.1) is 0 Å². The predicted octanol–water partition coefficient (Wildman–Crippen LogP) is 4.88. The minimum Gasteiger partial charge on any atom is -0.268 e. The van der Waals surface area contributed by atoms with E-state index in [2.05, 4.69) is 51.8 Å². The lowest BCUT2D eigenvalue weighted by Crippen LogP contribution is -2.15. The molecule has 2 aromatic carbocycles. The first kappa shape index (κ1) is 22.3. The minimum absolute atomic E-state index is 0.0620. The van der Waals surface area contributed by atoms with Crippen LogP contribution in [0.3, 0.4) is 0 Å². The van der Waals surface area contributed by atoms with E-state index >= 15 is 0 Å². The maximum absolute atomic E-state index is 12.9. The van der Waals surface area contributed by atoms with Crippen molar-refractivity contribution in [2.24, 2.45) is 7.05 Å². The Bertz CT molecular complexity index is 1450. The molecule has 0 fully saturated rings. The molecule has 1 unspecified atom stereocenters. The Kier molecular flexibility index (Phi) is 5.69. The van der Waals surface area contributed by atoms with Gasteiger partial charge in [-0.05, 0) is 71.3 Å². The zero-order valence-electron chi connectivity index (χ0n) is 19.4. The highest BCUT2D eigenvalue weighted by molar-refractivity contribution is 7.92. The van der Waals surface area contributed by atoms with Crippen molar-refractivity contribution in [3.63, 3.8) is 0 Å². The van der Waals surface area contributed by atoms with Gasteiger partial charge in [-0.3, -0.25) is 4.68 Å². The van der Waals surface area contributed by atoms with Gasteiger partial charge in [0.2, 0.25) is 5.95 Å². The molecule has 8 heteroatoms. The van der Waals surface area contributed by atoms with E-state index in [-0.39, 0.29) is 16.8 Å². The minimum atomic E-state index is -3.77. The van der Waals surface area contributed by atoms with Gasteiger partial charge in [0.25, 0.3) is 10.0 Å². The van der Waals surface area contributed by atoms with Crippen molar-refractivity contribution in [3.05, 3.63) is 89.4 Å². The number of hydrogen-bond acceptors (Lipinski definition) is 5. The van der Waals surface area contributed by atoms with Gasteiger partial charge in [-0.1, -0.05) is 32.0 Å². The number of rotatable bonds is 6. The maximum atomic E-state index is 12.9. The van der Waals surface area contributed by atoms with Crippen molar-refractivity contribution in [1.29, 1.82) is 0 Å². The van der Waals surface area contributed by atoms with Gasteiger partial charge in [0.05, 0.1) is 10.6 Å². The molecule has 0 saturated heterocycles. The maximum Gasteiger partial charge on any atom is 0.264 e. The van der Waals surface area contributed by atoms with Crippen molar-refractivity contribution < 1.29 is 8.42 Å². The van der Waals surface area contributed by atoms with Crippen molar-refractivity contribution in [3.8, 4) is 11.3 Å². The molecule has 0 aliphatic heterocycles. The summed E-state index contributed by atoms with van der Waals surface area (Å²) < 4.78 is 30.2. The van der Waals surface area contributed by atoms with Gasteiger partial charge in [0.15, 0.2) is 0 Å². The SMILES string of the molecule is CC(C)c1ccc(C2CCc3cc(S(=O)(=O)Nc4ncccn4)ccc32)c(-c2ccnn2C)c1. The zero-order chi connectivity index (χ0) is 23.9. The molecule has 0 bridgehead atoms. The number of benzene rings is 2. The van der Waals surface area contributed by atoms with E-state index in [4.69, 9.17) is 0 Å². The smallest absolute Gasteiger partial charge is 0.264 e. The fourth-order valence-electron chi connectivity index (χ4n) is 4.71. The van der Waals surface area contributed by atoms with Crippen LogP contribution in [0.25, 0.3) is 11.3 Å². The summed E-state index contributed by atoms with van der Waals surface area (Å²) in [4.78, 5) is 8.15. The highest BCUT2D eigenvalue weighted by Gasteiger charge is 2.29. The molecular weight excluding hydrogens is 446 g/mol. The van der Waals surface area contributed by atoms with Crippen LogP contribution in [0.15, 0.2) is 72.0 Å². The van der Waals surface area contributed by atoms with Crippen LogP contribution in [0.4, 0.5) is 5.95 Å². The number of nitrogens with zero attached hydrogens (tertiary/aromatic N) is 4. The van der Waals surface area contributed by atoms with Crippen LogP contribution in [0.5, 0.6) is 0 Å². The molecule has 1 aliphatic rings. The van der Waals surface area contributed by atoms with Gasteiger partial charge in [-0.25, -0.2) is 23.1 Å². The number of fused-ring (bicyclic) bond motifs is 1. The lowest BCUT2D eigenvalue weighted by atomic mass is 9.86. The predicted molar refractivity (Wildman–Crippen MR) is 132 cm³/mol. The summed E-state index contributed by atoms with van der Waals surface area (Å²) in [7, 11) is -1.81. The van der Waals surface area contributed by atoms with Crippen molar-refractivity contribution in [2.75, 3.05) is 4.72 Å². The second-order valence-corrected chi connectivity index (χ2v) is 10.7. The molecule has 1 N–H and O–H groups in total. The second kappa shape index (κ2) is 8.68. The standard InChI is InChI=1S/C26H27N5O2S/c1-17(2)18-5-8-23(24(16-18)25-11-14-29-31(25)3)22-9-6-19-15-20(7-10-21(19)22)34(32,33)30-26-27-12-4-13-28-26/h4-5,7-8,10-17,22H,6,9H2,1-3H3,(H,27,28,30). The molecule has 2 aromatic heterocycles. The Balaban J connectivity index is 1.52. The van der Waals surface area contributed by atoms with Crippen molar-refractivity contribution in [2.45, 2.75) is 43.4 Å². The number of nitrogens with one attached hydrogen (secondary N) is 1. The van der Waals surface area contributed by atoms with Gasteiger partial charge in [0.1, 0.15) is 0 Å². The molecule has 2 heterocycles. The summed E-state index contributed by atoms with van der Waals surface area (Å²) in [5.41, 5.74) is 7.04. The molecule has 0 spiro atoms. The highest BCUT2D eigenvalue weighted by Crippen LogP contribution is 2.43. The van der Waals surface area contributed by atoms with E-state index in [9.17, 15) is 8.42 Å². The average Bonchev–Trinajstić information content (AvgIpc) is 3.44. The van der Waals surface area contributed by atoms with Gasteiger partial charge < -0.3 is 0 Å². The monoisotopic (exact) mass is 473 g/mol. The molecule has 1 aliphatic carbocycles. The Hall–Kier alpha value is -3.52. The van der Waals surface area contributed by atoms with Crippen LogP contribution < -0.4 is 4.72 Å². The summed E-state index contributed by atoms with van der Waals surface area (Å²) >= 11 is 0. The first-order chi connectivity index (χ1) is 16.3. The fraction of sp³-hybridized carbons (Fsp3) is 0.269. The van der Waals surface area contributed by atoms with E-state index in [1.807, 2.05) is 30.1 Å². The number of anilines is 1. The van der Waals surface area contributed by atoms with Crippen molar-refractivity contribution >= 4 is 16.0 Å². The van der Waals surface area contributed by atoms with Crippen LogP contribution in [0.2, 0.25) is 0 Å². The molecule has 1 atom stereocenters. The highest BCUT2D eigenvalue weighted by atomic mass is 32.2. The molecule has 0 radical (unpaired) electrons. The van der Waals surface area contributed by atoms with E-state index in [1.54, 1.807) is 18.2 Å². The number of aromatic nitrogens is 4. The molecule has 7 nitrogen and oxygen atoms in total. The molecule has 174 valence electrons. The fourth-order valence-corrected chi connectivity index (χ4v) is 5.72. The largest absolute Gasteiger partial charge is 0.268 e. The molecule has 4 aromatic rings.